The van der Waals surface area contributed by atoms with Crippen molar-refractivity contribution in [2.24, 2.45) is 5.92 Å². The highest BCUT2D eigenvalue weighted by molar-refractivity contribution is 5.74. The zero-order valence-electron chi connectivity index (χ0n) is 11.8. The lowest BCUT2D eigenvalue weighted by Gasteiger charge is -2.20. The summed E-state index contributed by atoms with van der Waals surface area (Å²) < 4.78 is 5.19. The van der Waals surface area contributed by atoms with E-state index in [0.717, 1.165) is 38.4 Å². The molecular formula is C14H23N3O2. The van der Waals surface area contributed by atoms with E-state index in [1.165, 1.54) is 0 Å². The summed E-state index contributed by atoms with van der Waals surface area (Å²) in [7, 11) is 2.12. The average Bonchev–Trinajstić information content (AvgIpc) is 3.07. The summed E-state index contributed by atoms with van der Waals surface area (Å²) in [5.74, 6) is 1.38. The van der Waals surface area contributed by atoms with Crippen LogP contribution in [0, 0.1) is 5.92 Å². The number of carbonyl (C=O) groups excluding carboxylic acids is 1. The van der Waals surface area contributed by atoms with Crippen molar-refractivity contribution in [3.05, 3.63) is 24.2 Å². The second kappa shape index (κ2) is 6.61. The molecule has 0 bridgehead atoms. The number of amides is 2. The minimum absolute atomic E-state index is 0.0121. The highest BCUT2D eigenvalue weighted by Gasteiger charge is 2.26. The Labute approximate surface area is 114 Å². The molecule has 1 aliphatic heterocycles. The topological polar surface area (TPSA) is 48.7 Å². The van der Waals surface area contributed by atoms with Crippen LogP contribution in [-0.2, 0) is 6.54 Å². The Hall–Kier alpha value is -1.49. The molecule has 1 fully saturated rings. The standard InChI is InChI=1S/C14H23N3O2/c1-3-16(2)10-12-6-7-17(11-12)14(18)15-9-13-5-4-8-19-13/h4-5,8,12H,3,6-7,9-11H2,1-2H3,(H,15,18)/t12-/m0/s1. The molecule has 0 aliphatic carbocycles. The maximum Gasteiger partial charge on any atom is 0.317 e. The Morgan fingerprint density at radius 3 is 3.16 bits per heavy atom. The molecule has 2 rings (SSSR count). The minimum Gasteiger partial charge on any atom is -0.467 e. The summed E-state index contributed by atoms with van der Waals surface area (Å²) in [5, 5.41) is 2.89. The van der Waals surface area contributed by atoms with Crippen molar-refractivity contribution in [2.45, 2.75) is 19.9 Å². The fourth-order valence-corrected chi connectivity index (χ4v) is 2.42. The van der Waals surface area contributed by atoms with Crippen LogP contribution in [0.2, 0.25) is 0 Å². The third kappa shape index (κ3) is 3.99. The van der Waals surface area contributed by atoms with Crippen LogP contribution in [0.5, 0.6) is 0 Å². The molecule has 1 aromatic heterocycles. The van der Waals surface area contributed by atoms with E-state index in [1.54, 1.807) is 6.26 Å². The largest absolute Gasteiger partial charge is 0.467 e. The molecule has 2 heterocycles. The van der Waals surface area contributed by atoms with Crippen LogP contribution in [0.1, 0.15) is 19.1 Å². The van der Waals surface area contributed by atoms with E-state index in [4.69, 9.17) is 4.42 Å². The quantitative estimate of drug-likeness (QED) is 0.882. The number of nitrogens with zero attached hydrogens (tertiary/aromatic N) is 2. The van der Waals surface area contributed by atoms with E-state index in [0.29, 0.717) is 12.5 Å². The van der Waals surface area contributed by atoms with Gasteiger partial charge < -0.3 is 19.5 Å². The maximum absolute atomic E-state index is 12.0. The van der Waals surface area contributed by atoms with Crippen LogP contribution in [-0.4, -0.2) is 49.1 Å². The van der Waals surface area contributed by atoms with E-state index in [2.05, 4.69) is 24.2 Å². The van der Waals surface area contributed by atoms with Crippen LogP contribution in [0.25, 0.3) is 0 Å². The average molecular weight is 265 g/mol. The molecule has 0 spiro atoms. The van der Waals surface area contributed by atoms with Crippen molar-refractivity contribution in [1.82, 2.24) is 15.1 Å². The van der Waals surface area contributed by atoms with Crippen LogP contribution in [0.3, 0.4) is 0 Å². The number of hydrogen-bond donors (Lipinski definition) is 1. The molecule has 1 atom stereocenters. The lowest BCUT2D eigenvalue weighted by atomic mass is 10.1. The maximum atomic E-state index is 12.0. The van der Waals surface area contributed by atoms with Crippen molar-refractivity contribution in [1.29, 1.82) is 0 Å². The summed E-state index contributed by atoms with van der Waals surface area (Å²) in [6.45, 7) is 6.45. The molecule has 106 valence electrons. The molecule has 0 radical (unpaired) electrons. The molecule has 2 amide bonds. The van der Waals surface area contributed by atoms with Gasteiger partial charge in [-0.15, -0.1) is 0 Å². The van der Waals surface area contributed by atoms with Crippen molar-refractivity contribution in [3.63, 3.8) is 0 Å². The molecule has 5 heteroatoms. The van der Waals surface area contributed by atoms with Gasteiger partial charge in [-0.05, 0) is 38.1 Å². The second-order valence-corrected chi connectivity index (χ2v) is 5.19. The van der Waals surface area contributed by atoms with Crippen LogP contribution in [0.4, 0.5) is 4.79 Å². The number of likely N-dealkylation sites (tertiary alicyclic amines) is 1. The zero-order valence-corrected chi connectivity index (χ0v) is 11.8. The van der Waals surface area contributed by atoms with Gasteiger partial charge in [0.1, 0.15) is 5.76 Å². The highest BCUT2D eigenvalue weighted by atomic mass is 16.3. The van der Waals surface area contributed by atoms with Gasteiger partial charge in [-0.1, -0.05) is 6.92 Å². The van der Waals surface area contributed by atoms with Crippen LogP contribution < -0.4 is 5.32 Å². The van der Waals surface area contributed by atoms with Gasteiger partial charge in [-0.2, -0.15) is 0 Å². The van der Waals surface area contributed by atoms with Gasteiger partial charge in [0.05, 0.1) is 12.8 Å². The first-order valence-corrected chi connectivity index (χ1v) is 6.92. The van der Waals surface area contributed by atoms with E-state index < -0.39 is 0 Å². The Balaban J connectivity index is 1.72. The van der Waals surface area contributed by atoms with Gasteiger partial charge in [0, 0.05) is 19.6 Å². The third-order valence-electron chi connectivity index (χ3n) is 3.68. The van der Waals surface area contributed by atoms with Gasteiger partial charge >= 0.3 is 6.03 Å². The molecule has 0 unspecified atom stereocenters. The van der Waals surface area contributed by atoms with Crippen molar-refractivity contribution in [2.75, 3.05) is 33.2 Å². The van der Waals surface area contributed by atoms with Gasteiger partial charge in [-0.3, -0.25) is 0 Å². The highest BCUT2D eigenvalue weighted by Crippen LogP contribution is 2.17. The number of furan rings is 1. The molecule has 1 N–H and O–H groups in total. The zero-order chi connectivity index (χ0) is 13.7. The molecule has 1 aliphatic rings. The molecule has 1 saturated heterocycles. The Bertz CT molecular complexity index is 391. The molecule has 19 heavy (non-hydrogen) atoms. The van der Waals surface area contributed by atoms with Gasteiger partial charge in [0.15, 0.2) is 0 Å². The predicted octanol–water partition coefficient (Wildman–Crippen LogP) is 1.76. The summed E-state index contributed by atoms with van der Waals surface area (Å²) in [6, 6.07) is 3.70. The van der Waals surface area contributed by atoms with E-state index in [1.807, 2.05) is 17.0 Å². The van der Waals surface area contributed by atoms with Crippen LogP contribution in [0.15, 0.2) is 22.8 Å². The van der Waals surface area contributed by atoms with Gasteiger partial charge in [0.2, 0.25) is 0 Å². The SMILES string of the molecule is CCN(C)C[C@@H]1CCN(C(=O)NCc2ccco2)C1. The van der Waals surface area contributed by atoms with Crippen molar-refractivity contribution < 1.29 is 9.21 Å². The lowest BCUT2D eigenvalue weighted by molar-refractivity contribution is 0.203. The van der Waals surface area contributed by atoms with Gasteiger partial charge in [-0.25, -0.2) is 4.79 Å². The number of rotatable bonds is 5. The first-order valence-electron chi connectivity index (χ1n) is 6.92. The molecule has 1 aromatic rings. The van der Waals surface area contributed by atoms with Crippen molar-refractivity contribution >= 4 is 6.03 Å². The summed E-state index contributed by atoms with van der Waals surface area (Å²) in [5.41, 5.74) is 0. The smallest absolute Gasteiger partial charge is 0.317 e. The minimum atomic E-state index is 0.0121. The van der Waals surface area contributed by atoms with E-state index in [9.17, 15) is 4.79 Å². The van der Waals surface area contributed by atoms with E-state index >= 15 is 0 Å². The number of carbonyl (C=O) groups is 1. The Kier molecular flexibility index (Phi) is 4.85. The van der Waals surface area contributed by atoms with Crippen molar-refractivity contribution in [3.8, 4) is 0 Å². The molecule has 0 saturated carbocycles. The normalized spacial score (nSPS) is 19.1. The lowest BCUT2D eigenvalue weighted by Crippen LogP contribution is -2.38. The first kappa shape index (κ1) is 13.9. The number of hydrogen-bond acceptors (Lipinski definition) is 3. The monoisotopic (exact) mass is 265 g/mol. The third-order valence-corrected chi connectivity index (χ3v) is 3.68. The predicted molar refractivity (Wildman–Crippen MR) is 73.8 cm³/mol. The molecule has 0 aromatic carbocycles. The number of nitrogens with one attached hydrogen (secondary N) is 1. The Morgan fingerprint density at radius 2 is 2.47 bits per heavy atom. The molecular weight excluding hydrogens is 242 g/mol. The second-order valence-electron chi connectivity index (χ2n) is 5.19. The van der Waals surface area contributed by atoms with E-state index in [-0.39, 0.29) is 6.03 Å². The van der Waals surface area contributed by atoms with Gasteiger partial charge in [0.25, 0.3) is 0 Å². The summed E-state index contributed by atoms with van der Waals surface area (Å²) in [4.78, 5) is 16.2. The first-order chi connectivity index (χ1) is 9.19. The van der Waals surface area contributed by atoms with Crippen LogP contribution >= 0.6 is 0 Å². The fourth-order valence-electron chi connectivity index (χ4n) is 2.42. The summed E-state index contributed by atoms with van der Waals surface area (Å²) >= 11 is 0. The number of urea groups is 1. The summed E-state index contributed by atoms with van der Waals surface area (Å²) in [6.07, 6.45) is 2.71. The molecule has 5 nitrogen and oxygen atoms in total. The Morgan fingerprint density at radius 1 is 1.63 bits per heavy atom. The fraction of sp³-hybridized carbons (Fsp3) is 0.643.